The molecule has 33 heavy (non-hydrogen) atoms. The molecule has 7 heteroatoms. The monoisotopic (exact) mass is 718 g/mol. The SMILES string of the molecule is [Cl][Au].c1ccc(-p2c(-c3cccs3)c3c4ccsc4c4sccc4c3c2-c2cccs2)cc1. The molecule has 0 fully saturated rings. The molecule has 0 radical (unpaired) electrons. The van der Waals surface area contributed by atoms with E-state index in [0.717, 1.165) is 0 Å². The average Bonchev–Trinajstić information content (AvgIpc) is 3.68. The molecule has 0 saturated heterocycles. The summed E-state index contributed by atoms with van der Waals surface area (Å²) in [5.74, 6) is 0. The molecule has 0 saturated carbocycles. The van der Waals surface area contributed by atoms with Crippen LogP contribution in [0.4, 0.5) is 0 Å². The van der Waals surface area contributed by atoms with Crippen molar-refractivity contribution in [2.75, 3.05) is 0 Å². The normalized spacial score (nSPS) is 11.4. The van der Waals surface area contributed by atoms with Crippen LogP contribution in [0.3, 0.4) is 0 Å². The zero-order valence-corrected chi connectivity index (χ0v) is 24.0. The number of rotatable bonds is 3. The Balaban J connectivity index is 0.00000101. The first-order valence-electron chi connectivity index (χ1n) is 10.1. The fourth-order valence-electron chi connectivity index (χ4n) is 4.59. The Morgan fingerprint density at radius 3 is 1.52 bits per heavy atom. The van der Waals surface area contributed by atoms with E-state index in [1.165, 1.54) is 56.6 Å². The third-order valence-corrected chi connectivity index (χ3v) is 12.5. The Kier molecular flexibility index (Phi) is 6.40. The van der Waals surface area contributed by atoms with Crippen molar-refractivity contribution >= 4 is 93.0 Å². The maximum absolute atomic E-state index is 4.58. The van der Waals surface area contributed by atoms with Crippen molar-refractivity contribution in [3.8, 4) is 25.6 Å². The molecule has 0 N–H and O–H groups in total. The van der Waals surface area contributed by atoms with Gasteiger partial charge in [0.05, 0.1) is 9.40 Å². The summed E-state index contributed by atoms with van der Waals surface area (Å²) in [5, 5.41) is 19.3. The Labute approximate surface area is 224 Å². The second-order valence-corrected chi connectivity index (χ2v) is 13.2. The van der Waals surface area contributed by atoms with E-state index < -0.39 is 7.53 Å². The van der Waals surface area contributed by atoms with Crippen LogP contribution in [0.25, 0.3) is 56.6 Å². The quantitative estimate of drug-likeness (QED) is 0.160. The molecule has 0 unspecified atom stereocenters. The Morgan fingerprint density at radius 1 is 0.545 bits per heavy atom. The van der Waals surface area contributed by atoms with Gasteiger partial charge in [0.15, 0.2) is 0 Å². The molecule has 0 amide bonds. The molecule has 5 heterocycles. The molecule has 7 aromatic rings. The standard InChI is InChI=1S/C26H15PS4.Au.ClH/c1-2-6-16(7-3-1)27-23(19-8-4-12-28-19)21-17-10-14-30-25(17)26-18(11-15-31-26)22(21)24(27)20-9-5-13-29-20;;/h1-15H;;1H/q;+1;/p-1. The van der Waals surface area contributed by atoms with Crippen LogP contribution in [-0.2, 0) is 20.0 Å². The van der Waals surface area contributed by atoms with E-state index in [4.69, 9.17) is 0 Å². The minimum absolute atomic E-state index is 0.640. The summed E-state index contributed by atoms with van der Waals surface area (Å²) in [5.41, 5.74) is 0. The molecule has 0 aliphatic carbocycles. The summed E-state index contributed by atoms with van der Waals surface area (Å²) in [6.07, 6.45) is 0. The predicted molar refractivity (Wildman–Crippen MR) is 151 cm³/mol. The van der Waals surface area contributed by atoms with E-state index in [9.17, 15) is 0 Å². The fourth-order valence-corrected chi connectivity index (χ4v) is 11.5. The summed E-state index contributed by atoms with van der Waals surface area (Å²) >= 11 is 9.27. The van der Waals surface area contributed by atoms with E-state index in [0.29, 0.717) is 0 Å². The first-order chi connectivity index (χ1) is 16.4. The van der Waals surface area contributed by atoms with Gasteiger partial charge in [-0.2, -0.15) is 0 Å². The van der Waals surface area contributed by atoms with Crippen molar-refractivity contribution < 1.29 is 20.0 Å². The molecule has 0 aliphatic heterocycles. The van der Waals surface area contributed by atoms with Crippen LogP contribution in [0.2, 0.25) is 0 Å². The van der Waals surface area contributed by atoms with Crippen LogP contribution < -0.4 is 0 Å². The Morgan fingerprint density at radius 2 is 1.06 bits per heavy atom. The van der Waals surface area contributed by atoms with Crippen molar-refractivity contribution in [2.24, 2.45) is 0 Å². The van der Waals surface area contributed by atoms with E-state index in [2.05, 4.69) is 97.4 Å². The van der Waals surface area contributed by atoms with Gasteiger partial charge in [0.1, 0.15) is 0 Å². The molecule has 166 valence electrons. The number of hydrogen-bond donors (Lipinski definition) is 0. The Bertz CT molecular complexity index is 1570. The summed E-state index contributed by atoms with van der Waals surface area (Å²) in [4.78, 5) is 2.81. The van der Waals surface area contributed by atoms with E-state index in [-0.39, 0.29) is 0 Å². The van der Waals surface area contributed by atoms with Crippen LogP contribution in [0, 0.1) is 0 Å². The summed E-state index contributed by atoms with van der Waals surface area (Å²) in [6.45, 7) is 0. The molecule has 0 bridgehead atoms. The van der Waals surface area contributed by atoms with E-state index >= 15 is 0 Å². The Hall–Kier alpha value is -1.17. The molecule has 0 spiro atoms. The van der Waals surface area contributed by atoms with Crippen LogP contribution in [0.1, 0.15) is 0 Å². The van der Waals surface area contributed by atoms with Gasteiger partial charge in [-0.1, -0.05) is 50.0 Å². The van der Waals surface area contributed by atoms with Crippen molar-refractivity contribution in [1.82, 2.24) is 0 Å². The maximum atomic E-state index is 4.58. The fraction of sp³-hybridized carbons (Fsp3) is 0. The number of fused-ring (bicyclic) bond motifs is 6. The smallest absolute Gasteiger partial charge is 0.0527 e. The second kappa shape index (κ2) is 9.47. The van der Waals surface area contributed by atoms with Crippen molar-refractivity contribution in [2.45, 2.75) is 0 Å². The first kappa shape index (κ1) is 22.3. The minimum Gasteiger partial charge on any atom is -0.143 e. The van der Waals surface area contributed by atoms with Gasteiger partial charge < -0.3 is 0 Å². The summed E-state index contributed by atoms with van der Waals surface area (Å²) in [7, 11) is 3.94. The van der Waals surface area contributed by atoms with Gasteiger partial charge >= 0.3 is 29.2 Å². The van der Waals surface area contributed by atoms with Crippen LogP contribution in [-0.4, -0.2) is 0 Å². The van der Waals surface area contributed by atoms with Gasteiger partial charge in [-0.25, -0.2) is 0 Å². The molecule has 0 atom stereocenters. The third kappa shape index (κ3) is 3.56. The molecule has 0 aliphatic rings. The van der Waals surface area contributed by atoms with Crippen molar-refractivity contribution in [1.29, 1.82) is 0 Å². The molecule has 5 aromatic heterocycles. The van der Waals surface area contributed by atoms with Crippen LogP contribution in [0.15, 0.2) is 88.3 Å². The first-order valence-corrected chi connectivity index (χ1v) is 17.7. The molecule has 2 aromatic carbocycles. The van der Waals surface area contributed by atoms with E-state index in [1.807, 2.05) is 45.3 Å². The zero-order valence-electron chi connectivity index (χ0n) is 16.9. The van der Waals surface area contributed by atoms with Crippen LogP contribution >= 0.6 is 62.1 Å². The maximum Gasteiger partial charge on any atom is 0.0527 e. The van der Waals surface area contributed by atoms with Crippen molar-refractivity contribution in [3.63, 3.8) is 0 Å². The zero-order chi connectivity index (χ0) is 22.4. The topological polar surface area (TPSA) is 0 Å². The van der Waals surface area contributed by atoms with Gasteiger partial charge in [-0.3, -0.25) is 0 Å². The second-order valence-electron chi connectivity index (χ2n) is 7.40. The largest absolute Gasteiger partial charge is 0.143 e. The molecule has 7 rings (SSSR count). The number of benzene rings is 2. The van der Waals surface area contributed by atoms with E-state index in [1.54, 1.807) is 20.0 Å². The van der Waals surface area contributed by atoms with Crippen LogP contribution in [0.5, 0.6) is 0 Å². The van der Waals surface area contributed by atoms with Gasteiger partial charge in [0, 0.05) is 41.9 Å². The minimum atomic E-state index is -0.640. The predicted octanol–water partition coefficient (Wildman–Crippen LogP) is 11.4. The van der Waals surface area contributed by atoms with Gasteiger partial charge in [0.2, 0.25) is 0 Å². The van der Waals surface area contributed by atoms with Gasteiger partial charge in [0.25, 0.3) is 0 Å². The van der Waals surface area contributed by atoms with Gasteiger partial charge in [-0.05, 0) is 51.1 Å². The number of halogens is 1. The molecular weight excluding hydrogens is 704 g/mol. The van der Waals surface area contributed by atoms with Gasteiger partial charge in [-0.15, -0.1) is 45.3 Å². The molecule has 0 nitrogen and oxygen atoms in total. The summed E-state index contributed by atoms with van der Waals surface area (Å²) in [6, 6.07) is 24.9. The average molecular weight is 719 g/mol. The summed E-state index contributed by atoms with van der Waals surface area (Å²) < 4.78 is 2.88. The van der Waals surface area contributed by atoms with Crippen molar-refractivity contribution in [3.05, 3.63) is 88.3 Å². The number of hydrogen-bond acceptors (Lipinski definition) is 4. The third-order valence-electron chi connectivity index (χ3n) is 5.77. The molecular formula is C26H15AuClPS4. The number of thiophene rings is 4.